The first kappa shape index (κ1) is 14.2. The van der Waals surface area contributed by atoms with Crippen LogP contribution < -0.4 is 9.47 Å². The molecule has 1 N–H and O–H groups in total. The minimum absolute atomic E-state index is 0.0873. The molecule has 1 aromatic carbocycles. The van der Waals surface area contributed by atoms with E-state index in [2.05, 4.69) is 10.2 Å². The highest BCUT2D eigenvalue weighted by atomic mass is 19.1. The average Bonchev–Trinajstić information content (AvgIpc) is 2.49. The smallest absolute Gasteiger partial charge is 0.233 e. The summed E-state index contributed by atoms with van der Waals surface area (Å²) in [5, 5.41) is 17.7. The van der Waals surface area contributed by atoms with Crippen molar-refractivity contribution >= 4 is 0 Å². The van der Waals surface area contributed by atoms with E-state index < -0.39 is 11.9 Å². The Labute approximate surface area is 116 Å². The van der Waals surface area contributed by atoms with E-state index in [-0.39, 0.29) is 12.2 Å². The molecule has 0 aliphatic heterocycles. The van der Waals surface area contributed by atoms with Crippen LogP contribution in [0.3, 0.4) is 0 Å². The van der Waals surface area contributed by atoms with Gasteiger partial charge in [0.15, 0.2) is 11.6 Å². The first-order chi connectivity index (χ1) is 9.65. The van der Waals surface area contributed by atoms with E-state index in [1.54, 1.807) is 24.3 Å². The minimum Gasteiger partial charge on any atom is -0.494 e. The highest BCUT2D eigenvalue weighted by molar-refractivity contribution is 5.32. The third kappa shape index (κ3) is 3.03. The Balaban J connectivity index is 2.16. The summed E-state index contributed by atoms with van der Waals surface area (Å²) in [5.41, 5.74) is 0.711. The second kappa shape index (κ2) is 6.29. The van der Waals surface area contributed by atoms with Crippen molar-refractivity contribution in [2.45, 2.75) is 12.5 Å². The molecule has 20 heavy (non-hydrogen) atoms. The molecule has 0 aliphatic carbocycles. The lowest BCUT2D eigenvalue weighted by Crippen LogP contribution is -2.07. The number of nitrogens with zero attached hydrogens (tertiary/aromatic N) is 2. The van der Waals surface area contributed by atoms with E-state index >= 15 is 0 Å². The normalized spacial score (nSPS) is 12.0. The van der Waals surface area contributed by atoms with Crippen molar-refractivity contribution in [1.82, 2.24) is 10.2 Å². The zero-order valence-electron chi connectivity index (χ0n) is 11.2. The molecule has 0 spiro atoms. The van der Waals surface area contributed by atoms with Crippen LogP contribution in [0.5, 0.6) is 11.6 Å². The third-order valence-electron chi connectivity index (χ3n) is 2.89. The molecule has 6 heteroatoms. The Morgan fingerprint density at radius 2 is 1.95 bits per heavy atom. The number of hydrogen-bond donors (Lipinski definition) is 1. The number of aliphatic hydroxyl groups excluding tert-OH is 1. The van der Waals surface area contributed by atoms with Crippen molar-refractivity contribution in [3.8, 4) is 11.6 Å². The van der Waals surface area contributed by atoms with Gasteiger partial charge in [-0.25, -0.2) is 4.39 Å². The highest BCUT2D eigenvalue weighted by Crippen LogP contribution is 2.24. The van der Waals surface area contributed by atoms with Crippen LogP contribution in [0.2, 0.25) is 0 Å². The van der Waals surface area contributed by atoms with Crippen LogP contribution >= 0.6 is 0 Å². The molecular formula is C14H15FN2O3. The first-order valence-corrected chi connectivity index (χ1v) is 6.02. The summed E-state index contributed by atoms with van der Waals surface area (Å²) < 4.78 is 23.8. The zero-order valence-corrected chi connectivity index (χ0v) is 11.2. The number of rotatable bonds is 5. The van der Waals surface area contributed by atoms with Gasteiger partial charge in [0.1, 0.15) is 6.10 Å². The Morgan fingerprint density at radius 1 is 1.15 bits per heavy atom. The number of aromatic nitrogens is 2. The quantitative estimate of drug-likeness (QED) is 0.905. The molecule has 0 amide bonds. The SMILES string of the molecule is COc1ccc(C(O)Cc2cccc(OC)c2F)nn1. The van der Waals surface area contributed by atoms with Gasteiger partial charge >= 0.3 is 0 Å². The maximum Gasteiger partial charge on any atom is 0.233 e. The second-order valence-electron chi connectivity index (χ2n) is 4.15. The van der Waals surface area contributed by atoms with E-state index in [0.717, 1.165) is 0 Å². The largest absolute Gasteiger partial charge is 0.494 e. The molecule has 0 saturated heterocycles. The molecule has 2 rings (SSSR count). The first-order valence-electron chi connectivity index (χ1n) is 6.02. The number of benzene rings is 1. The van der Waals surface area contributed by atoms with Crippen LogP contribution in [0.1, 0.15) is 17.4 Å². The van der Waals surface area contributed by atoms with E-state index in [4.69, 9.17) is 9.47 Å². The standard InChI is InChI=1S/C14H15FN2O3/c1-19-12-5-3-4-9(14(12)15)8-11(18)10-6-7-13(20-2)17-16-10/h3-7,11,18H,8H2,1-2H3. The van der Waals surface area contributed by atoms with E-state index in [1.807, 2.05) is 0 Å². The van der Waals surface area contributed by atoms with Gasteiger partial charge in [-0.05, 0) is 17.7 Å². The van der Waals surface area contributed by atoms with Crippen molar-refractivity contribution in [1.29, 1.82) is 0 Å². The molecule has 0 bridgehead atoms. The number of methoxy groups -OCH3 is 2. The Morgan fingerprint density at radius 3 is 2.55 bits per heavy atom. The fourth-order valence-corrected chi connectivity index (χ4v) is 1.80. The highest BCUT2D eigenvalue weighted by Gasteiger charge is 2.15. The van der Waals surface area contributed by atoms with E-state index in [9.17, 15) is 9.50 Å². The molecule has 1 unspecified atom stereocenters. The lowest BCUT2D eigenvalue weighted by molar-refractivity contribution is 0.170. The van der Waals surface area contributed by atoms with Gasteiger partial charge in [0, 0.05) is 12.5 Å². The summed E-state index contributed by atoms with van der Waals surface area (Å²) in [6, 6.07) is 7.97. The van der Waals surface area contributed by atoms with Crippen molar-refractivity contribution in [2.75, 3.05) is 14.2 Å². The molecule has 0 fully saturated rings. The summed E-state index contributed by atoms with van der Waals surface area (Å²) in [7, 11) is 2.87. The number of ether oxygens (including phenoxy) is 2. The van der Waals surface area contributed by atoms with Crippen LogP contribution in [-0.4, -0.2) is 29.5 Å². The molecule has 1 aromatic heterocycles. The van der Waals surface area contributed by atoms with Crippen LogP contribution in [0, 0.1) is 5.82 Å². The summed E-state index contributed by atoms with van der Waals surface area (Å²) in [6.07, 6.45) is -0.862. The third-order valence-corrected chi connectivity index (χ3v) is 2.89. The maximum atomic E-state index is 14.0. The van der Waals surface area contributed by atoms with E-state index in [1.165, 1.54) is 20.3 Å². The zero-order chi connectivity index (χ0) is 14.5. The van der Waals surface area contributed by atoms with Crippen LogP contribution in [0.15, 0.2) is 30.3 Å². The Bertz CT molecular complexity index is 575. The Kier molecular flexibility index (Phi) is 4.47. The molecule has 5 nitrogen and oxygen atoms in total. The number of aliphatic hydroxyl groups is 1. The van der Waals surface area contributed by atoms with Crippen molar-refractivity contribution in [3.05, 3.63) is 47.4 Å². The summed E-state index contributed by atoms with van der Waals surface area (Å²) in [5.74, 6) is 0.0274. The minimum atomic E-state index is -0.949. The molecule has 0 radical (unpaired) electrons. The molecule has 2 aromatic rings. The van der Waals surface area contributed by atoms with Crippen LogP contribution in [-0.2, 0) is 6.42 Å². The monoisotopic (exact) mass is 278 g/mol. The van der Waals surface area contributed by atoms with Crippen LogP contribution in [0.4, 0.5) is 4.39 Å². The molecule has 1 atom stereocenters. The van der Waals surface area contributed by atoms with Gasteiger partial charge in [-0.1, -0.05) is 12.1 Å². The van der Waals surface area contributed by atoms with Gasteiger partial charge < -0.3 is 14.6 Å². The van der Waals surface area contributed by atoms with Crippen molar-refractivity contribution in [2.24, 2.45) is 0 Å². The lowest BCUT2D eigenvalue weighted by atomic mass is 10.0. The molecule has 1 heterocycles. The molecule has 106 valence electrons. The van der Waals surface area contributed by atoms with Crippen molar-refractivity contribution in [3.63, 3.8) is 0 Å². The predicted octanol–water partition coefficient (Wildman–Crippen LogP) is 1.91. The van der Waals surface area contributed by atoms with Crippen LogP contribution in [0.25, 0.3) is 0 Å². The van der Waals surface area contributed by atoms with Gasteiger partial charge in [-0.2, -0.15) is 0 Å². The van der Waals surface area contributed by atoms with Gasteiger partial charge in [-0.3, -0.25) is 0 Å². The van der Waals surface area contributed by atoms with Gasteiger partial charge in [0.05, 0.1) is 19.9 Å². The van der Waals surface area contributed by atoms with Gasteiger partial charge in [0.2, 0.25) is 5.88 Å². The summed E-state index contributed by atoms with van der Waals surface area (Å²) in [6.45, 7) is 0. The van der Waals surface area contributed by atoms with E-state index in [0.29, 0.717) is 17.1 Å². The second-order valence-corrected chi connectivity index (χ2v) is 4.15. The predicted molar refractivity (Wildman–Crippen MR) is 70.2 cm³/mol. The molecular weight excluding hydrogens is 263 g/mol. The molecule has 0 saturated carbocycles. The Hall–Kier alpha value is -2.21. The number of hydrogen-bond acceptors (Lipinski definition) is 5. The van der Waals surface area contributed by atoms with Crippen molar-refractivity contribution < 1.29 is 19.0 Å². The average molecular weight is 278 g/mol. The fourth-order valence-electron chi connectivity index (χ4n) is 1.80. The maximum absolute atomic E-state index is 14.0. The lowest BCUT2D eigenvalue weighted by Gasteiger charge is -2.12. The number of halogens is 1. The fraction of sp³-hybridized carbons (Fsp3) is 0.286. The topological polar surface area (TPSA) is 64.5 Å². The summed E-state index contributed by atoms with van der Waals surface area (Å²) in [4.78, 5) is 0. The van der Waals surface area contributed by atoms with Gasteiger partial charge in [0.25, 0.3) is 0 Å². The molecule has 0 aliphatic rings. The van der Waals surface area contributed by atoms with Gasteiger partial charge in [-0.15, -0.1) is 10.2 Å². The summed E-state index contributed by atoms with van der Waals surface area (Å²) >= 11 is 0.